The number of benzene rings is 2. The fraction of sp³-hybridized carbons (Fsp3) is 0.368. The Hall–Kier alpha value is -2.00. The van der Waals surface area contributed by atoms with Crippen molar-refractivity contribution in [2.45, 2.75) is 19.3 Å². The van der Waals surface area contributed by atoms with E-state index in [0.29, 0.717) is 0 Å². The van der Waals surface area contributed by atoms with Crippen LogP contribution >= 0.6 is 0 Å². The number of unbranched alkanes of at least 4 members (excludes halogenated alkanes) is 1. The average Bonchev–Trinajstić information content (AvgIpc) is 2.58. The SMILES string of the molecule is COc1cccc(OCCCC[NH2+]CCc2ccccc2)c1. The molecule has 2 aromatic carbocycles. The van der Waals surface area contributed by atoms with Gasteiger partial charge in [-0.3, -0.25) is 0 Å². The molecule has 0 aliphatic carbocycles. The highest BCUT2D eigenvalue weighted by molar-refractivity contribution is 5.32. The van der Waals surface area contributed by atoms with Crippen molar-refractivity contribution in [1.82, 2.24) is 0 Å². The minimum Gasteiger partial charge on any atom is -0.497 e. The van der Waals surface area contributed by atoms with E-state index in [1.54, 1.807) is 7.11 Å². The summed E-state index contributed by atoms with van der Waals surface area (Å²) in [5.74, 6) is 1.72. The highest BCUT2D eigenvalue weighted by Crippen LogP contribution is 2.18. The minimum absolute atomic E-state index is 0.764. The third kappa shape index (κ3) is 6.19. The van der Waals surface area contributed by atoms with Gasteiger partial charge < -0.3 is 14.8 Å². The molecule has 0 amide bonds. The molecule has 0 saturated carbocycles. The smallest absolute Gasteiger partial charge is 0.122 e. The first-order valence-electron chi connectivity index (χ1n) is 8.01. The van der Waals surface area contributed by atoms with Crippen LogP contribution in [0.2, 0.25) is 0 Å². The molecule has 0 saturated heterocycles. The Morgan fingerprint density at radius 3 is 2.50 bits per heavy atom. The molecule has 0 bridgehead atoms. The summed E-state index contributed by atoms with van der Waals surface area (Å²) >= 11 is 0. The topological polar surface area (TPSA) is 35.1 Å². The molecule has 0 aliphatic heterocycles. The summed E-state index contributed by atoms with van der Waals surface area (Å²) in [4.78, 5) is 0. The lowest BCUT2D eigenvalue weighted by molar-refractivity contribution is -0.654. The predicted octanol–water partition coefficient (Wildman–Crippen LogP) is 2.66. The third-order valence-electron chi connectivity index (χ3n) is 3.59. The number of hydrogen-bond acceptors (Lipinski definition) is 2. The Kier molecular flexibility index (Phi) is 7.33. The van der Waals surface area contributed by atoms with Crippen LogP contribution in [0.15, 0.2) is 54.6 Å². The van der Waals surface area contributed by atoms with Crippen LogP contribution in [-0.2, 0) is 6.42 Å². The molecule has 118 valence electrons. The van der Waals surface area contributed by atoms with E-state index in [-0.39, 0.29) is 0 Å². The molecule has 0 radical (unpaired) electrons. The second-order valence-electron chi connectivity index (χ2n) is 5.34. The van der Waals surface area contributed by atoms with Crippen molar-refractivity contribution in [1.29, 1.82) is 0 Å². The molecule has 3 heteroatoms. The van der Waals surface area contributed by atoms with Crippen molar-refractivity contribution in [2.75, 3.05) is 26.8 Å². The zero-order valence-corrected chi connectivity index (χ0v) is 13.3. The lowest BCUT2D eigenvalue weighted by Gasteiger charge is -2.07. The van der Waals surface area contributed by atoms with Crippen LogP contribution in [-0.4, -0.2) is 26.8 Å². The monoisotopic (exact) mass is 300 g/mol. The Morgan fingerprint density at radius 1 is 0.864 bits per heavy atom. The molecular weight excluding hydrogens is 274 g/mol. The molecule has 0 spiro atoms. The van der Waals surface area contributed by atoms with Crippen LogP contribution in [0.3, 0.4) is 0 Å². The maximum Gasteiger partial charge on any atom is 0.122 e. The summed E-state index contributed by atoms with van der Waals surface area (Å²) in [6.07, 6.45) is 3.40. The van der Waals surface area contributed by atoms with Gasteiger partial charge in [-0.15, -0.1) is 0 Å². The van der Waals surface area contributed by atoms with E-state index < -0.39 is 0 Å². The summed E-state index contributed by atoms with van der Waals surface area (Å²) < 4.78 is 10.9. The minimum atomic E-state index is 0.764. The van der Waals surface area contributed by atoms with Crippen LogP contribution in [0.5, 0.6) is 11.5 Å². The van der Waals surface area contributed by atoms with Crippen molar-refractivity contribution >= 4 is 0 Å². The first-order chi connectivity index (χ1) is 10.9. The van der Waals surface area contributed by atoms with E-state index in [0.717, 1.165) is 44.0 Å². The molecular formula is C19H26NO2+. The maximum atomic E-state index is 5.73. The maximum absolute atomic E-state index is 5.73. The van der Waals surface area contributed by atoms with E-state index in [9.17, 15) is 0 Å². The number of quaternary nitrogens is 1. The van der Waals surface area contributed by atoms with Crippen LogP contribution in [0.1, 0.15) is 18.4 Å². The van der Waals surface area contributed by atoms with Crippen LogP contribution in [0, 0.1) is 0 Å². The predicted molar refractivity (Wildman–Crippen MR) is 89.5 cm³/mol. The van der Waals surface area contributed by atoms with Crippen molar-refractivity contribution in [3.63, 3.8) is 0 Å². The van der Waals surface area contributed by atoms with Gasteiger partial charge in [-0.1, -0.05) is 36.4 Å². The van der Waals surface area contributed by atoms with Gasteiger partial charge in [0.25, 0.3) is 0 Å². The zero-order valence-electron chi connectivity index (χ0n) is 13.3. The van der Waals surface area contributed by atoms with Crippen molar-refractivity contribution < 1.29 is 14.8 Å². The quantitative estimate of drug-likeness (QED) is 0.685. The van der Waals surface area contributed by atoms with Gasteiger partial charge in [0.1, 0.15) is 11.5 Å². The van der Waals surface area contributed by atoms with Gasteiger partial charge >= 0.3 is 0 Å². The summed E-state index contributed by atoms with van der Waals surface area (Å²) in [6.45, 7) is 3.08. The Morgan fingerprint density at radius 2 is 1.68 bits per heavy atom. The van der Waals surface area contributed by atoms with Crippen molar-refractivity contribution in [2.24, 2.45) is 0 Å². The van der Waals surface area contributed by atoms with Gasteiger partial charge in [-0.25, -0.2) is 0 Å². The number of methoxy groups -OCH3 is 1. The Bertz CT molecular complexity index is 528. The van der Waals surface area contributed by atoms with Gasteiger partial charge in [0, 0.05) is 12.5 Å². The normalized spacial score (nSPS) is 10.4. The zero-order chi connectivity index (χ0) is 15.5. The second kappa shape index (κ2) is 9.85. The molecule has 0 unspecified atom stereocenters. The van der Waals surface area contributed by atoms with Crippen LogP contribution < -0.4 is 14.8 Å². The standard InChI is InChI=1S/C19H25NO2/c1-21-18-10-7-11-19(16-18)22-15-6-5-13-20-14-12-17-8-3-2-4-9-17/h2-4,7-11,16,20H,5-6,12-15H2,1H3/p+1. The number of rotatable bonds is 10. The number of ether oxygens (including phenoxy) is 2. The van der Waals surface area contributed by atoms with Gasteiger partial charge in [-0.05, 0) is 30.5 Å². The molecule has 0 fully saturated rings. The van der Waals surface area contributed by atoms with Crippen molar-refractivity contribution in [3.8, 4) is 11.5 Å². The van der Waals surface area contributed by atoms with Gasteiger partial charge in [-0.2, -0.15) is 0 Å². The molecule has 0 aliphatic rings. The molecule has 0 heterocycles. The molecule has 3 nitrogen and oxygen atoms in total. The second-order valence-corrected chi connectivity index (χ2v) is 5.34. The lowest BCUT2D eigenvalue weighted by Crippen LogP contribution is -2.84. The summed E-state index contributed by atoms with van der Waals surface area (Å²) in [6, 6.07) is 18.4. The lowest BCUT2D eigenvalue weighted by atomic mass is 10.1. The third-order valence-corrected chi connectivity index (χ3v) is 3.59. The van der Waals surface area contributed by atoms with E-state index in [1.807, 2.05) is 24.3 Å². The van der Waals surface area contributed by atoms with Crippen molar-refractivity contribution in [3.05, 3.63) is 60.2 Å². The van der Waals surface area contributed by atoms with E-state index >= 15 is 0 Å². The largest absolute Gasteiger partial charge is 0.497 e. The Balaban J connectivity index is 1.49. The van der Waals surface area contributed by atoms with Gasteiger partial charge in [0.2, 0.25) is 0 Å². The van der Waals surface area contributed by atoms with Gasteiger partial charge in [0.05, 0.1) is 26.8 Å². The molecule has 2 aromatic rings. The van der Waals surface area contributed by atoms with E-state index in [1.165, 1.54) is 12.0 Å². The first-order valence-corrected chi connectivity index (χ1v) is 8.01. The van der Waals surface area contributed by atoms with Gasteiger partial charge in [0.15, 0.2) is 0 Å². The molecule has 2 N–H and O–H groups in total. The summed E-state index contributed by atoms with van der Waals surface area (Å²) in [5.41, 5.74) is 1.42. The molecule has 0 atom stereocenters. The Labute approximate surface area is 133 Å². The first kappa shape index (κ1) is 16.4. The summed E-state index contributed by atoms with van der Waals surface area (Å²) in [5, 5.41) is 2.39. The average molecular weight is 300 g/mol. The van der Waals surface area contributed by atoms with Crippen LogP contribution in [0.4, 0.5) is 0 Å². The highest BCUT2D eigenvalue weighted by Gasteiger charge is 1.98. The molecule has 0 aromatic heterocycles. The fourth-order valence-corrected chi connectivity index (χ4v) is 2.33. The fourth-order valence-electron chi connectivity index (χ4n) is 2.33. The molecule has 22 heavy (non-hydrogen) atoms. The number of nitrogens with two attached hydrogens (primary N) is 1. The van der Waals surface area contributed by atoms with E-state index in [4.69, 9.17) is 9.47 Å². The number of hydrogen-bond donors (Lipinski definition) is 1. The van der Waals surface area contributed by atoms with Crippen LogP contribution in [0.25, 0.3) is 0 Å². The molecule has 2 rings (SSSR count). The van der Waals surface area contributed by atoms with E-state index in [2.05, 4.69) is 35.6 Å². The summed E-state index contributed by atoms with van der Waals surface area (Å²) in [7, 11) is 1.67. The highest BCUT2D eigenvalue weighted by atomic mass is 16.5.